The van der Waals surface area contributed by atoms with Crippen LogP contribution < -0.4 is 10.1 Å². The van der Waals surface area contributed by atoms with Crippen molar-refractivity contribution >= 4 is 17.7 Å². The van der Waals surface area contributed by atoms with Gasteiger partial charge in [-0.05, 0) is 41.5 Å². The standard InChI is InChI=1S/C25H24N2O4/c1-31-19-11-9-16(10-12-19)23(15-5-3-2-4-6-15)26-20(28)14-27-24(29)21-17-7-8-18(13-17)22(21)25(27)30/h2-12,17-18,21-23H,13-14H2,1H3,(H,26,28). The number of carbonyl (C=O) groups excluding carboxylic acids is 3. The second-order valence-electron chi connectivity index (χ2n) is 8.45. The molecule has 5 atom stereocenters. The Kier molecular flexibility index (Phi) is 4.85. The Bertz CT molecular complexity index is 1020. The van der Waals surface area contributed by atoms with Crippen molar-refractivity contribution in [2.45, 2.75) is 12.5 Å². The van der Waals surface area contributed by atoms with Crippen molar-refractivity contribution in [1.82, 2.24) is 10.2 Å². The predicted octanol–water partition coefficient (Wildman–Crippen LogP) is 2.71. The van der Waals surface area contributed by atoms with Gasteiger partial charge in [-0.25, -0.2) is 0 Å². The molecule has 1 saturated carbocycles. The summed E-state index contributed by atoms with van der Waals surface area (Å²) in [5.74, 6) is -0.350. The average Bonchev–Trinajstić information content (AvgIpc) is 3.48. The van der Waals surface area contributed by atoms with Gasteiger partial charge in [-0.1, -0.05) is 54.6 Å². The molecule has 0 radical (unpaired) electrons. The molecule has 5 rings (SSSR count). The number of methoxy groups -OCH3 is 1. The number of hydrogen-bond donors (Lipinski definition) is 1. The summed E-state index contributed by atoms with van der Waals surface area (Å²) >= 11 is 0. The third kappa shape index (κ3) is 3.32. The average molecular weight is 416 g/mol. The van der Waals surface area contributed by atoms with Gasteiger partial charge in [-0.2, -0.15) is 0 Å². The Morgan fingerprint density at radius 2 is 1.55 bits per heavy atom. The fourth-order valence-corrected chi connectivity index (χ4v) is 5.27. The van der Waals surface area contributed by atoms with Crippen LogP contribution in [0.3, 0.4) is 0 Å². The number of likely N-dealkylation sites (tertiary alicyclic amines) is 1. The number of benzene rings is 2. The number of fused-ring (bicyclic) bond motifs is 5. The first-order chi connectivity index (χ1) is 15.1. The number of nitrogens with zero attached hydrogens (tertiary/aromatic N) is 1. The van der Waals surface area contributed by atoms with Crippen LogP contribution in [0.4, 0.5) is 0 Å². The Morgan fingerprint density at radius 3 is 2.13 bits per heavy atom. The normalized spacial score (nSPS) is 26.8. The van der Waals surface area contributed by atoms with E-state index in [9.17, 15) is 14.4 Å². The first-order valence-corrected chi connectivity index (χ1v) is 10.6. The molecule has 6 nitrogen and oxygen atoms in total. The Labute approximate surface area is 180 Å². The van der Waals surface area contributed by atoms with Gasteiger partial charge in [0.1, 0.15) is 12.3 Å². The summed E-state index contributed by atoms with van der Waals surface area (Å²) in [4.78, 5) is 39.9. The van der Waals surface area contributed by atoms with Crippen molar-refractivity contribution in [1.29, 1.82) is 0 Å². The summed E-state index contributed by atoms with van der Waals surface area (Å²) in [5.41, 5.74) is 1.80. The van der Waals surface area contributed by atoms with Crippen LogP contribution in [0.5, 0.6) is 5.75 Å². The molecular weight excluding hydrogens is 392 g/mol. The number of amides is 3. The zero-order valence-electron chi connectivity index (χ0n) is 17.2. The molecular formula is C25H24N2O4. The van der Waals surface area contributed by atoms with Gasteiger partial charge in [-0.15, -0.1) is 0 Å². The van der Waals surface area contributed by atoms with Crippen molar-refractivity contribution in [2.24, 2.45) is 23.7 Å². The molecule has 3 amide bonds. The molecule has 1 heterocycles. The first-order valence-electron chi connectivity index (χ1n) is 10.6. The molecule has 5 unspecified atom stereocenters. The molecule has 0 aromatic heterocycles. The predicted molar refractivity (Wildman–Crippen MR) is 114 cm³/mol. The number of imide groups is 1. The molecule has 1 aliphatic heterocycles. The minimum absolute atomic E-state index is 0.135. The smallest absolute Gasteiger partial charge is 0.240 e. The molecule has 31 heavy (non-hydrogen) atoms. The van der Waals surface area contributed by atoms with Crippen LogP contribution in [0.15, 0.2) is 66.7 Å². The monoisotopic (exact) mass is 416 g/mol. The van der Waals surface area contributed by atoms with E-state index in [0.29, 0.717) is 0 Å². The molecule has 0 spiro atoms. The third-order valence-electron chi connectivity index (χ3n) is 6.75. The summed E-state index contributed by atoms with van der Waals surface area (Å²) in [6.07, 6.45) is 4.98. The second-order valence-corrected chi connectivity index (χ2v) is 8.45. The summed E-state index contributed by atoms with van der Waals surface area (Å²) in [6, 6.07) is 16.7. The van der Waals surface area contributed by atoms with Gasteiger partial charge in [0.25, 0.3) is 0 Å². The molecule has 2 aliphatic carbocycles. The maximum Gasteiger partial charge on any atom is 0.240 e. The number of rotatable bonds is 6. The molecule has 6 heteroatoms. The van der Waals surface area contributed by atoms with E-state index >= 15 is 0 Å². The third-order valence-corrected chi connectivity index (χ3v) is 6.75. The van der Waals surface area contributed by atoms with Crippen molar-refractivity contribution in [3.63, 3.8) is 0 Å². The topological polar surface area (TPSA) is 75.7 Å². The van der Waals surface area contributed by atoms with E-state index in [1.54, 1.807) is 7.11 Å². The van der Waals surface area contributed by atoms with E-state index < -0.39 is 6.04 Å². The van der Waals surface area contributed by atoms with Crippen molar-refractivity contribution in [2.75, 3.05) is 13.7 Å². The lowest BCUT2D eigenvalue weighted by molar-refractivity contribution is -0.144. The number of carbonyl (C=O) groups is 3. The highest BCUT2D eigenvalue weighted by Gasteiger charge is 2.59. The zero-order valence-corrected chi connectivity index (χ0v) is 17.2. The molecule has 3 aliphatic rings. The summed E-state index contributed by atoms with van der Waals surface area (Å²) in [7, 11) is 1.60. The maximum atomic E-state index is 13.0. The lowest BCUT2D eigenvalue weighted by Crippen LogP contribution is -2.43. The van der Waals surface area contributed by atoms with Crippen LogP contribution >= 0.6 is 0 Å². The summed E-state index contributed by atoms with van der Waals surface area (Å²) in [6.45, 7) is -0.246. The number of allylic oxidation sites excluding steroid dienone is 2. The lowest BCUT2D eigenvalue weighted by atomic mass is 9.85. The van der Waals surface area contributed by atoms with E-state index in [1.807, 2.05) is 54.6 Å². The zero-order chi connectivity index (χ0) is 21.5. The Morgan fingerprint density at radius 1 is 0.968 bits per heavy atom. The van der Waals surface area contributed by atoms with Gasteiger partial charge in [0.2, 0.25) is 17.7 Å². The van der Waals surface area contributed by atoms with Gasteiger partial charge in [0, 0.05) is 0 Å². The van der Waals surface area contributed by atoms with Gasteiger partial charge in [-0.3, -0.25) is 19.3 Å². The molecule has 2 aromatic rings. The van der Waals surface area contributed by atoms with Crippen molar-refractivity contribution < 1.29 is 19.1 Å². The van der Waals surface area contributed by atoms with E-state index in [2.05, 4.69) is 17.5 Å². The largest absolute Gasteiger partial charge is 0.497 e. The minimum atomic E-state index is -0.398. The molecule has 2 bridgehead atoms. The van der Waals surface area contributed by atoms with Gasteiger partial charge < -0.3 is 10.1 Å². The fraction of sp³-hybridized carbons (Fsp3) is 0.320. The van der Waals surface area contributed by atoms with Crippen LogP contribution in [0.1, 0.15) is 23.6 Å². The van der Waals surface area contributed by atoms with Gasteiger partial charge in [0.05, 0.1) is 25.0 Å². The van der Waals surface area contributed by atoms with Crippen LogP contribution in [0, 0.1) is 23.7 Å². The van der Waals surface area contributed by atoms with E-state index in [-0.39, 0.29) is 47.9 Å². The number of ether oxygens (including phenoxy) is 1. The van der Waals surface area contributed by atoms with Gasteiger partial charge in [0.15, 0.2) is 0 Å². The van der Waals surface area contributed by atoms with Crippen LogP contribution in [0.25, 0.3) is 0 Å². The lowest BCUT2D eigenvalue weighted by Gasteiger charge is -2.22. The van der Waals surface area contributed by atoms with Crippen molar-refractivity contribution in [3.05, 3.63) is 77.9 Å². The molecule has 158 valence electrons. The van der Waals surface area contributed by atoms with Crippen molar-refractivity contribution in [3.8, 4) is 5.75 Å². The van der Waals surface area contributed by atoms with Crippen LogP contribution in [-0.4, -0.2) is 36.3 Å². The molecule has 1 N–H and O–H groups in total. The van der Waals surface area contributed by atoms with Gasteiger partial charge >= 0.3 is 0 Å². The highest BCUT2D eigenvalue weighted by atomic mass is 16.5. The highest BCUT2D eigenvalue weighted by molar-refractivity contribution is 6.08. The Hall–Kier alpha value is -3.41. The quantitative estimate of drug-likeness (QED) is 0.580. The second kappa shape index (κ2) is 7.69. The number of nitrogens with one attached hydrogen (secondary N) is 1. The first kappa shape index (κ1) is 19.5. The fourth-order valence-electron chi connectivity index (χ4n) is 5.27. The summed E-state index contributed by atoms with van der Waals surface area (Å²) in [5, 5.41) is 3.02. The SMILES string of the molecule is COc1ccc(C(NC(=O)CN2C(=O)C3C4C=CC(C4)C3C2=O)c2ccccc2)cc1. The van der Waals surface area contributed by atoms with Crippen LogP contribution in [0.2, 0.25) is 0 Å². The Balaban J connectivity index is 1.34. The van der Waals surface area contributed by atoms with E-state index in [0.717, 1.165) is 28.2 Å². The summed E-state index contributed by atoms with van der Waals surface area (Å²) < 4.78 is 5.23. The number of hydrogen-bond acceptors (Lipinski definition) is 4. The van der Waals surface area contributed by atoms with E-state index in [1.165, 1.54) is 0 Å². The minimum Gasteiger partial charge on any atom is -0.497 e. The molecule has 2 aromatic carbocycles. The highest BCUT2D eigenvalue weighted by Crippen LogP contribution is 2.52. The van der Waals surface area contributed by atoms with E-state index in [4.69, 9.17) is 4.74 Å². The molecule has 2 fully saturated rings. The maximum absolute atomic E-state index is 13.0. The molecule has 1 saturated heterocycles. The van der Waals surface area contributed by atoms with Crippen LogP contribution in [-0.2, 0) is 14.4 Å².